The van der Waals surface area contributed by atoms with E-state index in [0.29, 0.717) is 11.6 Å². The molecule has 0 saturated heterocycles. The molecule has 0 amide bonds. The molecule has 0 aliphatic carbocycles. The van der Waals surface area contributed by atoms with Gasteiger partial charge < -0.3 is 5.41 Å². The van der Waals surface area contributed by atoms with Crippen LogP contribution < -0.4 is 0 Å². The zero-order valence-electron chi connectivity index (χ0n) is 10.1. The maximum absolute atomic E-state index is 8.11. The average molecular weight is 223 g/mol. The average Bonchev–Trinajstić information content (AvgIpc) is 2.40. The normalized spacial score (nSPS) is 12.1. The van der Waals surface area contributed by atoms with E-state index >= 15 is 0 Å². The van der Waals surface area contributed by atoms with Gasteiger partial charge in [0.15, 0.2) is 0 Å². The van der Waals surface area contributed by atoms with E-state index in [1.54, 1.807) is 0 Å². The number of benzene rings is 2. The molecule has 0 aromatic heterocycles. The molecule has 0 aliphatic rings. The van der Waals surface area contributed by atoms with Crippen LogP contribution in [0.1, 0.15) is 30.4 Å². The summed E-state index contributed by atoms with van der Waals surface area (Å²) in [6, 6.07) is 20.3. The van der Waals surface area contributed by atoms with Crippen LogP contribution in [-0.2, 0) is 0 Å². The molecule has 0 fully saturated rings. The fourth-order valence-electron chi connectivity index (χ4n) is 1.96. The monoisotopic (exact) mass is 223 g/mol. The molecule has 1 atom stereocenters. The Hall–Kier alpha value is -1.89. The molecule has 0 saturated carbocycles. The first-order valence-corrected chi connectivity index (χ1v) is 5.95. The fraction of sp³-hybridized carbons (Fsp3) is 0.188. The molecule has 2 rings (SSSR count). The highest BCUT2D eigenvalue weighted by Gasteiger charge is 2.09. The van der Waals surface area contributed by atoms with Crippen molar-refractivity contribution in [3.63, 3.8) is 0 Å². The SMILES string of the molecule is CC(CC(=N)c1ccccc1)c1ccccc1. The van der Waals surface area contributed by atoms with Crippen molar-refractivity contribution in [3.05, 3.63) is 71.8 Å². The van der Waals surface area contributed by atoms with Gasteiger partial charge in [-0.15, -0.1) is 0 Å². The van der Waals surface area contributed by atoms with Crippen molar-refractivity contribution < 1.29 is 0 Å². The Balaban J connectivity index is 2.05. The molecule has 1 unspecified atom stereocenters. The topological polar surface area (TPSA) is 23.9 Å². The Bertz CT molecular complexity index is 473. The predicted octanol–water partition coefficient (Wildman–Crippen LogP) is 4.25. The summed E-state index contributed by atoms with van der Waals surface area (Å²) in [5, 5.41) is 8.11. The van der Waals surface area contributed by atoms with Crippen molar-refractivity contribution in [2.24, 2.45) is 0 Å². The lowest BCUT2D eigenvalue weighted by atomic mass is 9.93. The highest BCUT2D eigenvalue weighted by Crippen LogP contribution is 2.20. The second kappa shape index (κ2) is 5.44. The minimum Gasteiger partial charge on any atom is -0.305 e. The summed E-state index contributed by atoms with van der Waals surface area (Å²) in [5.74, 6) is 0.393. The van der Waals surface area contributed by atoms with Crippen molar-refractivity contribution in [1.29, 1.82) is 5.41 Å². The molecule has 17 heavy (non-hydrogen) atoms. The van der Waals surface area contributed by atoms with Crippen molar-refractivity contribution >= 4 is 5.71 Å². The highest BCUT2D eigenvalue weighted by atomic mass is 14.4. The molecule has 0 spiro atoms. The summed E-state index contributed by atoms with van der Waals surface area (Å²) < 4.78 is 0. The van der Waals surface area contributed by atoms with Gasteiger partial charge in [0.1, 0.15) is 0 Å². The van der Waals surface area contributed by atoms with Gasteiger partial charge in [0.2, 0.25) is 0 Å². The van der Waals surface area contributed by atoms with E-state index in [9.17, 15) is 0 Å². The predicted molar refractivity (Wildman–Crippen MR) is 72.7 cm³/mol. The second-order valence-corrected chi connectivity index (χ2v) is 4.36. The van der Waals surface area contributed by atoms with Crippen LogP contribution in [0.4, 0.5) is 0 Å². The molecule has 0 bridgehead atoms. The maximum atomic E-state index is 8.11. The van der Waals surface area contributed by atoms with Crippen LogP contribution in [0.25, 0.3) is 0 Å². The van der Waals surface area contributed by atoms with Gasteiger partial charge >= 0.3 is 0 Å². The molecule has 1 N–H and O–H groups in total. The van der Waals surface area contributed by atoms with Crippen LogP contribution in [-0.4, -0.2) is 5.71 Å². The van der Waals surface area contributed by atoms with E-state index < -0.39 is 0 Å². The molecule has 2 aromatic carbocycles. The van der Waals surface area contributed by atoms with Crippen molar-refractivity contribution in [1.82, 2.24) is 0 Å². The van der Waals surface area contributed by atoms with Gasteiger partial charge in [-0.2, -0.15) is 0 Å². The van der Waals surface area contributed by atoms with Crippen LogP contribution in [0, 0.1) is 5.41 Å². The standard InChI is InChI=1S/C16H17N/c1-13(14-8-4-2-5-9-14)12-16(17)15-10-6-3-7-11-15/h2-11,13,17H,12H2,1H3. The van der Waals surface area contributed by atoms with E-state index in [1.165, 1.54) is 5.56 Å². The van der Waals surface area contributed by atoms with Gasteiger partial charge in [-0.05, 0) is 23.5 Å². The zero-order valence-corrected chi connectivity index (χ0v) is 10.1. The van der Waals surface area contributed by atoms with Crippen LogP contribution in [0.2, 0.25) is 0 Å². The lowest BCUT2D eigenvalue weighted by Gasteiger charge is -2.12. The van der Waals surface area contributed by atoms with Crippen LogP contribution >= 0.6 is 0 Å². The lowest BCUT2D eigenvalue weighted by molar-refractivity contribution is 0.802. The van der Waals surface area contributed by atoms with Crippen molar-refractivity contribution in [2.75, 3.05) is 0 Å². The Morgan fingerprint density at radius 2 is 1.47 bits per heavy atom. The molecule has 1 nitrogen and oxygen atoms in total. The van der Waals surface area contributed by atoms with Gasteiger partial charge in [0.25, 0.3) is 0 Å². The highest BCUT2D eigenvalue weighted by molar-refractivity contribution is 5.98. The van der Waals surface area contributed by atoms with E-state index in [2.05, 4.69) is 31.2 Å². The Labute approximate surface area is 103 Å². The molecule has 0 aliphatic heterocycles. The molecule has 2 aromatic rings. The molecular weight excluding hydrogens is 206 g/mol. The summed E-state index contributed by atoms with van der Waals surface area (Å²) in [6.07, 6.45) is 0.786. The Kier molecular flexibility index (Phi) is 3.71. The molecule has 0 radical (unpaired) electrons. The summed E-state index contributed by atoms with van der Waals surface area (Å²) in [7, 11) is 0. The van der Waals surface area contributed by atoms with E-state index in [1.807, 2.05) is 36.4 Å². The third-order valence-corrected chi connectivity index (χ3v) is 3.00. The largest absolute Gasteiger partial charge is 0.305 e. The molecule has 1 heteroatoms. The number of rotatable bonds is 4. The van der Waals surface area contributed by atoms with Crippen molar-refractivity contribution in [2.45, 2.75) is 19.3 Å². The lowest BCUT2D eigenvalue weighted by Crippen LogP contribution is -2.04. The van der Waals surface area contributed by atoms with E-state index in [0.717, 1.165) is 12.0 Å². The zero-order chi connectivity index (χ0) is 12.1. The van der Waals surface area contributed by atoms with Crippen LogP contribution in [0.5, 0.6) is 0 Å². The molecule has 0 heterocycles. The summed E-state index contributed by atoms with van der Waals surface area (Å²) in [4.78, 5) is 0. The maximum Gasteiger partial charge on any atom is 0.0392 e. The molecular formula is C16H17N. The fourth-order valence-corrected chi connectivity index (χ4v) is 1.96. The smallest absolute Gasteiger partial charge is 0.0392 e. The quantitative estimate of drug-likeness (QED) is 0.749. The minimum absolute atomic E-state index is 0.393. The first-order valence-electron chi connectivity index (χ1n) is 5.95. The van der Waals surface area contributed by atoms with Gasteiger partial charge in [-0.1, -0.05) is 67.6 Å². The van der Waals surface area contributed by atoms with Gasteiger partial charge in [-0.25, -0.2) is 0 Å². The first kappa shape index (κ1) is 11.6. The number of nitrogens with one attached hydrogen (secondary N) is 1. The van der Waals surface area contributed by atoms with E-state index in [4.69, 9.17) is 5.41 Å². The number of hydrogen-bond acceptors (Lipinski definition) is 1. The third kappa shape index (κ3) is 3.04. The van der Waals surface area contributed by atoms with Crippen LogP contribution in [0.15, 0.2) is 60.7 Å². The number of hydrogen-bond donors (Lipinski definition) is 1. The van der Waals surface area contributed by atoms with E-state index in [-0.39, 0.29) is 0 Å². The van der Waals surface area contributed by atoms with Gasteiger partial charge in [-0.3, -0.25) is 0 Å². The minimum atomic E-state index is 0.393. The Morgan fingerprint density at radius 3 is 2.06 bits per heavy atom. The van der Waals surface area contributed by atoms with Crippen molar-refractivity contribution in [3.8, 4) is 0 Å². The molecule has 86 valence electrons. The summed E-state index contributed by atoms with van der Waals surface area (Å²) in [6.45, 7) is 2.17. The van der Waals surface area contributed by atoms with Gasteiger partial charge in [0.05, 0.1) is 0 Å². The summed E-state index contributed by atoms with van der Waals surface area (Å²) in [5.41, 5.74) is 3.03. The third-order valence-electron chi connectivity index (χ3n) is 3.00. The van der Waals surface area contributed by atoms with Crippen LogP contribution in [0.3, 0.4) is 0 Å². The Morgan fingerprint density at radius 1 is 0.941 bits per heavy atom. The first-order chi connectivity index (χ1) is 8.27. The summed E-state index contributed by atoms with van der Waals surface area (Å²) >= 11 is 0. The second-order valence-electron chi connectivity index (χ2n) is 4.36. The van der Waals surface area contributed by atoms with Gasteiger partial charge in [0, 0.05) is 5.71 Å².